The van der Waals surface area contributed by atoms with Gasteiger partial charge in [0.1, 0.15) is 0 Å². The largest absolute Gasteiger partial charge is 0.346 e. The lowest BCUT2D eigenvalue weighted by Gasteiger charge is -2.07. The number of carbonyl (C=O) groups excluding carboxylic acids is 1. The minimum absolute atomic E-state index is 0.0734. The van der Waals surface area contributed by atoms with Gasteiger partial charge in [0.15, 0.2) is 0 Å². The summed E-state index contributed by atoms with van der Waals surface area (Å²) in [6, 6.07) is 7.67. The Balaban J connectivity index is 2.01. The van der Waals surface area contributed by atoms with Crippen molar-refractivity contribution in [3.05, 3.63) is 51.8 Å². The van der Waals surface area contributed by atoms with Crippen LogP contribution < -0.4 is 5.32 Å². The highest BCUT2D eigenvalue weighted by atomic mass is 79.9. The first-order valence-electron chi connectivity index (χ1n) is 6.15. The van der Waals surface area contributed by atoms with E-state index in [0.717, 1.165) is 16.6 Å². The molecular formula is C14H16BrN3O. The van der Waals surface area contributed by atoms with Crippen molar-refractivity contribution < 1.29 is 4.79 Å². The first-order valence-corrected chi connectivity index (χ1v) is 6.94. The van der Waals surface area contributed by atoms with Crippen molar-refractivity contribution in [1.82, 2.24) is 15.1 Å². The fourth-order valence-corrected chi connectivity index (χ4v) is 2.28. The average molecular weight is 322 g/mol. The number of aryl methyl sites for hydroxylation is 2. The van der Waals surface area contributed by atoms with Crippen LogP contribution in [0.5, 0.6) is 0 Å². The highest BCUT2D eigenvalue weighted by Crippen LogP contribution is 2.14. The predicted octanol–water partition coefficient (Wildman–Crippen LogP) is 2.68. The molecule has 0 aliphatic carbocycles. The van der Waals surface area contributed by atoms with E-state index in [0.29, 0.717) is 12.1 Å². The first-order chi connectivity index (χ1) is 9.11. The van der Waals surface area contributed by atoms with E-state index < -0.39 is 0 Å². The zero-order valence-corrected chi connectivity index (χ0v) is 12.6. The van der Waals surface area contributed by atoms with Gasteiger partial charge in [-0.25, -0.2) is 0 Å². The molecule has 0 radical (unpaired) electrons. The van der Waals surface area contributed by atoms with Gasteiger partial charge in [0.25, 0.3) is 5.91 Å². The Morgan fingerprint density at radius 1 is 1.37 bits per heavy atom. The van der Waals surface area contributed by atoms with Crippen LogP contribution >= 0.6 is 15.9 Å². The van der Waals surface area contributed by atoms with Gasteiger partial charge in [0, 0.05) is 12.6 Å². The molecule has 0 atom stereocenters. The maximum atomic E-state index is 12.0. The summed E-state index contributed by atoms with van der Waals surface area (Å²) in [6.45, 7) is 2.54. The van der Waals surface area contributed by atoms with E-state index in [1.54, 1.807) is 10.9 Å². The molecule has 19 heavy (non-hydrogen) atoms. The van der Waals surface area contributed by atoms with Crippen molar-refractivity contribution in [1.29, 1.82) is 0 Å². The number of hydrogen-bond acceptors (Lipinski definition) is 2. The van der Waals surface area contributed by atoms with Gasteiger partial charge in [-0.15, -0.1) is 0 Å². The number of nitrogens with zero attached hydrogens (tertiary/aromatic N) is 2. The van der Waals surface area contributed by atoms with Crippen LogP contribution in [0.4, 0.5) is 0 Å². The molecule has 1 aromatic carbocycles. The van der Waals surface area contributed by atoms with E-state index in [-0.39, 0.29) is 5.91 Å². The van der Waals surface area contributed by atoms with E-state index in [9.17, 15) is 4.79 Å². The minimum Gasteiger partial charge on any atom is -0.346 e. The molecule has 100 valence electrons. The number of aromatic nitrogens is 2. The smallest absolute Gasteiger partial charge is 0.251 e. The molecular weight excluding hydrogens is 306 g/mol. The van der Waals surface area contributed by atoms with Crippen LogP contribution in [-0.2, 0) is 20.0 Å². The fraction of sp³-hybridized carbons (Fsp3) is 0.286. The molecule has 1 aromatic heterocycles. The maximum Gasteiger partial charge on any atom is 0.251 e. The highest BCUT2D eigenvalue weighted by molar-refractivity contribution is 9.10. The Kier molecular flexibility index (Phi) is 4.37. The lowest BCUT2D eigenvalue weighted by Crippen LogP contribution is -2.24. The van der Waals surface area contributed by atoms with Crippen LogP contribution in [0.15, 0.2) is 34.9 Å². The summed E-state index contributed by atoms with van der Waals surface area (Å²) in [5, 5.41) is 7.00. The molecule has 5 heteroatoms. The monoisotopic (exact) mass is 321 g/mol. The lowest BCUT2D eigenvalue weighted by molar-refractivity contribution is 0.0950. The number of halogens is 1. The Bertz CT molecular complexity index is 555. The van der Waals surface area contributed by atoms with Crippen molar-refractivity contribution in [2.24, 2.45) is 7.05 Å². The molecule has 0 aliphatic rings. The zero-order chi connectivity index (χ0) is 13.8. The van der Waals surface area contributed by atoms with Crippen molar-refractivity contribution in [3.63, 3.8) is 0 Å². The molecule has 0 saturated heterocycles. The summed E-state index contributed by atoms with van der Waals surface area (Å²) in [7, 11) is 1.85. The van der Waals surface area contributed by atoms with Crippen molar-refractivity contribution in [2.75, 3.05) is 0 Å². The van der Waals surface area contributed by atoms with E-state index >= 15 is 0 Å². The molecule has 0 bridgehead atoms. The Labute approximate surface area is 120 Å². The average Bonchev–Trinajstić information content (AvgIpc) is 2.75. The van der Waals surface area contributed by atoms with Gasteiger partial charge >= 0.3 is 0 Å². The Morgan fingerprint density at radius 2 is 2.05 bits per heavy atom. The van der Waals surface area contributed by atoms with Crippen LogP contribution in [0.2, 0.25) is 0 Å². The number of amides is 1. The topological polar surface area (TPSA) is 46.9 Å². The summed E-state index contributed by atoms with van der Waals surface area (Å²) >= 11 is 3.41. The van der Waals surface area contributed by atoms with Crippen LogP contribution in [0.25, 0.3) is 0 Å². The first kappa shape index (κ1) is 13.8. The summed E-state index contributed by atoms with van der Waals surface area (Å²) in [4.78, 5) is 12.0. The van der Waals surface area contributed by atoms with Gasteiger partial charge < -0.3 is 5.32 Å². The third-order valence-electron chi connectivity index (χ3n) is 3.05. The predicted molar refractivity (Wildman–Crippen MR) is 77.9 cm³/mol. The normalized spacial score (nSPS) is 10.5. The zero-order valence-electron chi connectivity index (χ0n) is 11.0. The number of nitrogens with one attached hydrogen (secondary N) is 1. The van der Waals surface area contributed by atoms with Gasteiger partial charge in [0.05, 0.1) is 22.9 Å². The number of hydrogen-bond donors (Lipinski definition) is 1. The molecule has 4 nitrogen and oxygen atoms in total. The van der Waals surface area contributed by atoms with Crippen LogP contribution in [0, 0.1) is 0 Å². The fourth-order valence-electron chi connectivity index (χ4n) is 1.79. The molecule has 2 aromatic rings. The SMILES string of the molecule is CCc1ccc(C(=O)NCc2c(Br)cnn2C)cc1. The standard InChI is InChI=1S/C14H16BrN3O/c1-3-10-4-6-11(7-5-10)14(19)16-9-13-12(15)8-17-18(13)2/h4-8H,3,9H2,1-2H3,(H,16,19). The lowest BCUT2D eigenvalue weighted by atomic mass is 10.1. The molecule has 0 saturated carbocycles. The molecule has 1 N–H and O–H groups in total. The van der Waals surface area contributed by atoms with Gasteiger partial charge in [-0.05, 0) is 40.0 Å². The Morgan fingerprint density at radius 3 is 2.58 bits per heavy atom. The number of rotatable bonds is 4. The van der Waals surface area contributed by atoms with Crippen molar-refractivity contribution in [3.8, 4) is 0 Å². The third kappa shape index (κ3) is 3.23. The second-order valence-corrected chi connectivity index (χ2v) is 5.15. The number of carbonyl (C=O) groups is 1. The quantitative estimate of drug-likeness (QED) is 0.941. The molecule has 0 fully saturated rings. The van der Waals surface area contributed by atoms with Gasteiger partial charge in [-0.1, -0.05) is 19.1 Å². The Hall–Kier alpha value is -1.62. The van der Waals surface area contributed by atoms with Crippen LogP contribution in [-0.4, -0.2) is 15.7 Å². The number of benzene rings is 1. The van der Waals surface area contributed by atoms with Gasteiger partial charge in [-0.3, -0.25) is 9.48 Å². The second kappa shape index (κ2) is 6.02. The summed E-state index contributed by atoms with van der Waals surface area (Å²) < 4.78 is 2.64. The maximum absolute atomic E-state index is 12.0. The molecule has 0 spiro atoms. The summed E-state index contributed by atoms with van der Waals surface area (Å²) in [6.07, 6.45) is 2.70. The molecule has 0 unspecified atom stereocenters. The summed E-state index contributed by atoms with van der Waals surface area (Å²) in [5.41, 5.74) is 2.85. The molecule has 2 rings (SSSR count). The molecule has 1 heterocycles. The van der Waals surface area contributed by atoms with Crippen molar-refractivity contribution >= 4 is 21.8 Å². The van der Waals surface area contributed by atoms with Crippen LogP contribution in [0.3, 0.4) is 0 Å². The van der Waals surface area contributed by atoms with Crippen LogP contribution in [0.1, 0.15) is 28.5 Å². The van der Waals surface area contributed by atoms with Crippen molar-refractivity contribution in [2.45, 2.75) is 19.9 Å². The second-order valence-electron chi connectivity index (χ2n) is 4.30. The molecule has 0 aliphatic heterocycles. The minimum atomic E-state index is -0.0734. The van der Waals surface area contributed by atoms with Gasteiger partial charge in [-0.2, -0.15) is 5.10 Å². The highest BCUT2D eigenvalue weighted by Gasteiger charge is 2.09. The van der Waals surface area contributed by atoms with E-state index in [2.05, 4.69) is 33.3 Å². The van der Waals surface area contributed by atoms with E-state index in [1.807, 2.05) is 31.3 Å². The third-order valence-corrected chi connectivity index (χ3v) is 3.71. The molecule has 1 amide bonds. The van der Waals surface area contributed by atoms with E-state index in [4.69, 9.17) is 0 Å². The van der Waals surface area contributed by atoms with E-state index in [1.165, 1.54) is 5.56 Å². The summed E-state index contributed by atoms with van der Waals surface area (Å²) in [5.74, 6) is -0.0734. The van der Waals surface area contributed by atoms with Gasteiger partial charge in [0.2, 0.25) is 0 Å².